The number of hydrogen-bond donors (Lipinski definition) is 2. The molecular formula is C32H33N5O4S. The number of aliphatic imine (C=N–C) groups is 2. The number of fused-ring (bicyclic) bond motifs is 3. The van der Waals surface area contributed by atoms with E-state index in [0.717, 1.165) is 16.7 Å². The number of para-hydroxylation sites is 2. The summed E-state index contributed by atoms with van der Waals surface area (Å²) in [7, 11) is 1.58. The molecule has 0 saturated carbocycles. The van der Waals surface area contributed by atoms with E-state index in [1.54, 1.807) is 7.11 Å². The monoisotopic (exact) mass is 583 g/mol. The Balaban J connectivity index is 1.29. The first-order valence-corrected chi connectivity index (χ1v) is 14.7. The van der Waals surface area contributed by atoms with Crippen molar-refractivity contribution in [2.45, 2.75) is 51.1 Å². The minimum atomic E-state index is -0.898. The quantitative estimate of drug-likeness (QED) is 0.365. The van der Waals surface area contributed by atoms with E-state index in [1.807, 2.05) is 86.6 Å². The molecule has 2 aliphatic rings. The molecule has 0 radical (unpaired) electrons. The molecule has 0 saturated heterocycles. The van der Waals surface area contributed by atoms with Crippen LogP contribution in [0.4, 0.5) is 5.69 Å². The van der Waals surface area contributed by atoms with Crippen LogP contribution in [0, 0.1) is 6.92 Å². The number of rotatable bonds is 10. The van der Waals surface area contributed by atoms with Crippen LogP contribution < -0.4 is 15.4 Å². The molecule has 0 spiro atoms. The number of nitrogens with zero attached hydrogens (tertiary/aromatic N) is 3. The molecule has 3 aromatic carbocycles. The third-order valence-electron chi connectivity index (χ3n) is 7.09. The molecule has 2 unspecified atom stereocenters. The van der Waals surface area contributed by atoms with Crippen LogP contribution in [0.2, 0.25) is 0 Å². The van der Waals surface area contributed by atoms with Crippen LogP contribution in [0.5, 0.6) is 5.75 Å². The molecule has 2 aliphatic heterocycles. The van der Waals surface area contributed by atoms with Crippen molar-refractivity contribution >= 4 is 46.2 Å². The molecule has 2 atom stereocenters. The van der Waals surface area contributed by atoms with Crippen molar-refractivity contribution in [3.8, 4) is 5.75 Å². The van der Waals surface area contributed by atoms with Gasteiger partial charge in [-0.1, -0.05) is 78.8 Å². The molecule has 3 amide bonds. The number of amides is 3. The van der Waals surface area contributed by atoms with Crippen LogP contribution in [0.3, 0.4) is 0 Å². The first-order valence-electron chi connectivity index (χ1n) is 13.9. The van der Waals surface area contributed by atoms with Crippen LogP contribution >= 0.6 is 11.8 Å². The molecule has 0 bridgehead atoms. The average Bonchev–Trinajstić information content (AvgIpc) is 3.34. The Morgan fingerprint density at radius 1 is 1.00 bits per heavy atom. The second kappa shape index (κ2) is 13.0. The zero-order valence-electron chi connectivity index (χ0n) is 23.8. The fourth-order valence-electron chi connectivity index (χ4n) is 4.76. The predicted molar refractivity (Wildman–Crippen MR) is 165 cm³/mol. The Morgan fingerprint density at radius 3 is 2.50 bits per heavy atom. The summed E-state index contributed by atoms with van der Waals surface area (Å²) in [6.07, 6.45) is 0.427. The molecule has 9 nitrogen and oxygen atoms in total. The van der Waals surface area contributed by atoms with Crippen molar-refractivity contribution in [1.29, 1.82) is 0 Å². The fourth-order valence-corrected chi connectivity index (χ4v) is 5.81. The molecule has 5 rings (SSSR count). The fraction of sp³-hybridized carbons (Fsp3) is 0.281. The van der Waals surface area contributed by atoms with Crippen molar-refractivity contribution in [3.63, 3.8) is 0 Å². The highest BCUT2D eigenvalue weighted by Gasteiger charge is 2.43. The van der Waals surface area contributed by atoms with Crippen LogP contribution in [0.25, 0.3) is 0 Å². The van der Waals surface area contributed by atoms with Crippen LogP contribution in [-0.2, 0) is 27.5 Å². The van der Waals surface area contributed by atoms with Gasteiger partial charge in [-0.2, -0.15) is 0 Å². The van der Waals surface area contributed by atoms with Crippen molar-refractivity contribution in [2.75, 3.05) is 7.11 Å². The van der Waals surface area contributed by atoms with Gasteiger partial charge in [-0.25, -0.2) is 9.89 Å². The standard InChI is InChI=1S/C32H33N5O4S/c1-4-27(30(39)34-18-21-15-13-20(2)14-16-21)42-32-36-24-11-7-6-10-23(24)29-35-25(31(40)37(29)32)17-28(38)33-19-22-9-5-8-12-26(22)41-3/h5-16,25,27H,4,17-19H2,1-3H3,(H,33,38)(H,34,39). The van der Waals surface area contributed by atoms with Crippen molar-refractivity contribution in [1.82, 2.24) is 15.5 Å². The van der Waals surface area contributed by atoms with Gasteiger partial charge in [0.1, 0.15) is 17.6 Å². The zero-order chi connectivity index (χ0) is 29.6. The van der Waals surface area contributed by atoms with E-state index in [1.165, 1.54) is 16.7 Å². The highest BCUT2D eigenvalue weighted by Crippen LogP contribution is 2.35. The highest BCUT2D eigenvalue weighted by molar-refractivity contribution is 8.15. The lowest BCUT2D eigenvalue weighted by Gasteiger charge is -2.27. The predicted octanol–water partition coefficient (Wildman–Crippen LogP) is 4.50. The van der Waals surface area contributed by atoms with E-state index in [-0.39, 0.29) is 30.7 Å². The average molecular weight is 584 g/mol. The Morgan fingerprint density at radius 2 is 1.74 bits per heavy atom. The lowest BCUT2D eigenvalue weighted by Crippen LogP contribution is -2.43. The van der Waals surface area contributed by atoms with Gasteiger partial charge in [0.2, 0.25) is 11.8 Å². The second-order valence-corrected chi connectivity index (χ2v) is 11.2. The molecule has 3 aromatic rings. The number of amidine groups is 2. The minimum absolute atomic E-state index is 0.109. The van der Waals surface area contributed by atoms with Crippen LogP contribution in [0.15, 0.2) is 82.8 Å². The summed E-state index contributed by atoms with van der Waals surface area (Å²) in [4.78, 5) is 50.6. The van der Waals surface area contributed by atoms with Gasteiger partial charge in [0.05, 0.1) is 24.5 Å². The van der Waals surface area contributed by atoms with Gasteiger partial charge >= 0.3 is 0 Å². The van der Waals surface area contributed by atoms with E-state index in [4.69, 9.17) is 9.73 Å². The van der Waals surface area contributed by atoms with E-state index in [2.05, 4.69) is 15.6 Å². The number of carbonyl (C=O) groups excluding carboxylic acids is 3. The van der Waals surface area contributed by atoms with Gasteiger partial charge < -0.3 is 15.4 Å². The number of thioether (sulfide) groups is 1. The van der Waals surface area contributed by atoms with Gasteiger partial charge in [0.15, 0.2) is 5.17 Å². The Hall–Kier alpha value is -4.44. The summed E-state index contributed by atoms with van der Waals surface area (Å²) in [6, 6.07) is 22.0. The topological polar surface area (TPSA) is 112 Å². The number of aryl methyl sites for hydroxylation is 1. The summed E-state index contributed by atoms with van der Waals surface area (Å²) in [5.41, 5.74) is 4.38. The van der Waals surface area contributed by atoms with Crippen LogP contribution in [0.1, 0.15) is 42.0 Å². The van der Waals surface area contributed by atoms with E-state index >= 15 is 0 Å². The van der Waals surface area contributed by atoms with E-state index < -0.39 is 11.3 Å². The van der Waals surface area contributed by atoms with Gasteiger partial charge in [-0.05, 0) is 37.1 Å². The first-order chi connectivity index (χ1) is 20.4. The Bertz CT molecular complexity index is 1550. The Labute approximate surface area is 249 Å². The van der Waals surface area contributed by atoms with Gasteiger partial charge in [0.25, 0.3) is 5.91 Å². The first kappa shape index (κ1) is 29.1. The number of benzene rings is 3. The summed E-state index contributed by atoms with van der Waals surface area (Å²) < 4.78 is 5.36. The molecule has 216 valence electrons. The molecule has 10 heteroatoms. The third kappa shape index (κ3) is 6.38. The van der Waals surface area contributed by atoms with E-state index in [9.17, 15) is 14.4 Å². The summed E-state index contributed by atoms with van der Waals surface area (Å²) in [5.74, 6) is 0.348. The highest BCUT2D eigenvalue weighted by atomic mass is 32.2. The maximum Gasteiger partial charge on any atom is 0.259 e. The second-order valence-electron chi connectivity index (χ2n) is 10.1. The molecule has 2 heterocycles. The minimum Gasteiger partial charge on any atom is -0.496 e. The smallest absolute Gasteiger partial charge is 0.259 e. The number of carbonyl (C=O) groups is 3. The summed E-state index contributed by atoms with van der Waals surface area (Å²) >= 11 is 1.24. The third-order valence-corrected chi connectivity index (χ3v) is 8.41. The van der Waals surface area contributed by atoms with Gasteiger partial charge in [0, 0.05) is 24.2 Å². The lowest BCUT2D eigenvalue weighted by molar-refractivity contribution is -0.128. The van der Waals surface area contributed by atoms with Crippen molar-refractivity contribution in [2.24, 2.45) is 9.98 Å². The van der Waals surface area contributed by atoms with Crippen molar-refractivity contribution < 1.29 is 19.1 Å². The number of methoxy groups -OCH3 is 1. The van der Waals surface area contributed by atoms with Gasteiger partial charge in [-0.3, -0.25) is 19.4 Å². The molecule has 2 N–H and O–H groups in total. The Kier molecular flexibility index (Phi) is 9.02. The van der Waals surface area contributed by atoms with Crippen LogP contribution in [-0.4, -0.2) is 52.0 Å². The molecule has 0 aromatic heterocycles. The number of ether oxygens (including phenoxy) is 1. The zero-order valence-corrected chi connectivity index (χ0v) is 24.6. The SMILES string of the molecule is CCC(SC1=Nc2ccccc2C2=NC(CC(=O)NCc3ccccc3OC)C(=O)N12)C(=O)NCc1ccc(C)cc1. The summed E-state index contributed by atoms with van der Waals surface area (Å²) in [6.45, 7) is 4.62. The molecule has 42 heavy (non-hydrogen) atoms. The van der Waals surface area contributed by atoms with E-state index in [0.29, 0.717) is 41.0 Å². The van der Waals surface area contributed by atoms with Crippen molar-refractivity contribution in [3.05, 3.63) is 95.1 Å². The number of nitrogens with one attached hydrogen (secondary N) is 2. The largest absolute Gasteiger partial charge is 0.496 e. The maximum absolute atomic E-state index is 13.7. The molecule has 0 fully saturated rings. The lowest BCUT2D eigenvalue weighted by atomic mass is 10.1. The molecule has 0 aliphatic carbocycles. The maximum atomic E-state index is 13.7. The summed E-state index contributed by atoms with van der Waals surface area (Å²) in [5, 5.41) is 5.79. The normalized spacial score (nSPS) is 16.1. The number of hydrogen-bond acceptors (Lipinski definition) is 7. The van der Waals surface area contributed by atoms with Gasteiger partial charge in [-0.15, -0.1) is 0 Å². The molecular weight excluding hydrogens is 550 g/mol.